The Kier molecular flexibility index (Phi) is 6.35. The van der Waals surface area contributed by atoms with Gasteiger partial charge in [-0.15, -0.1) is 0 Å². The highest BCUT2D eigenvalue weighted by Gasteiger charge is 2.01. The third-order valence-electron chi connectivity index (χ3n) is 3.32. The van der Waals surface area contributed by atoms with Crippen LogP contribution in [-0.2, 0) is 4.57 Å². The standard InChI is InChI=1S/2C7H7N3.C2H7O3P/c2*8-7-9-5-3-1-2-4-6(5)10-7;1-2-6(3,4)5/h2*1-4H,(H3,8,9,10);2H2,1H3,(H2,3,4,5). The highest BCUT2D eigenvalue weighted by molar-refractivity contribution is 7.48. The normalized spacial score (nSPS) is 10.7. The summed E-state index contributed by atoms with van der Waals surface area (Å²) in [4.78, 5) is 30.9. The zero-order valence-electron chi connectivity index (χ0n) is 14.2. The van der Waals surface area contributed by atoms with Crippen LogP contribution in [0.2, 0.25) is 0 Å². The summed E-state index contributed by atoms with van der Waals surface area (Å²) in [5.74, 6) is 1.20. The summed E-state index contributed by atoms with van der Waals surface area (Å²) in [6.07, 6.45) is -0.285. The molecular weight excluding hydrogens is 355 g/mol. The first kappa shape index (κ1) is 19.5. The molecule has 0 fully saturated rings. The third-order valence-corrected chi connectivity index (χ3v) is 4.09. The van der Waals surface area contributed by atoms with E-state index < -0.39 is 7.60 Å². The predicted octanol–water partition coefficient (Wildman–Crippen LogP) is 0.0484. The Morgan fingerprint density at radius 2 is 1.23 bits per heavy atom. The van der Waals surface area contributed by atoms with Gasteiger partial charge in [0.2, 0.25) is 0 Å². The van der Waals surface area contributed by atoms with Crippen LogP contribution in [0.25, 0.3) is 22.1 Å². The van der Waals surface area contributed by atoms with E-state index in [0.29, 0.717) is 11.9 Å². The minimum Gasteiger partial charge on any atom is -0.811 e. The number of nitrogen functional groups attached to an aromatic ring is 2. The Balaban J connectivity index is 0.000000146. The van der Waals surface area contributed by atoms with Crippen molar-refractivity contribution in [3.63, 3.8) is 0 Å². The molecule has 138 valence electrons. The average molecular weight is 376 g/mol. The molecule has 0 radical (unpaired) electrons. The maximum Gasteiger partial charge on any atom is 0.351 e. The summed E-state index contributed by atoms with van der Waals surface area (Å²) in [7, 11) is -4.15. The Bertz CT molecular complexity index is 885. The maximum atomic E-state index is 9.47. The van der Waals surface area contributed by atoms with E-state index >= 15 is 0 Å². The molecule has 10 heteroatoms. The molecule has 9 nitrogen and oxygen atoms in total. The maximum absolute atomic E-state index is 9.47. The van der Waals surface area contributed by atoms with Crippen LogP contribution in [0.4, 0.5) is 11.9 Å². The number of hydrogen-bond donors (Lipinski definition) is 4. The van der Waals surface area contributed by atoms with Crippen molar-refractivity contribution in [3.05, 3.63) is 48.5 Å². The van der Waals surface area contributed by atoms with Gasteiger partial charge in [0.1, 0.15) is 22.1 Å². The van der Waals surface area contributed by atoms with Crippen LogP contribution in [0.15, 0.2) is 48.5 Å². The highest BCUT2D eigenvalue weighted by Crippen LogP contribution is 2.20. The average Bonchev–Trinajstić information content (AvgIpc) is 3.15. The van der Waals surface area contributed by atoms with Gasteiger partial charge in [0.25, 0.3) is 0 Å². The zero-order chi connectivity index (χ0) is 19.2. The number of nitrogens with one attached hydrogen (secondary N) is 4. The van der Waals surface area contributed by atoms with Gasteiger partial charge in [-0.3, -0.25) is 11.5 Å². The van der Waals surface area contributed by atoms with Crippen LogP contribution in [0, 0.1) is 0 Å². The number of hydrogen-bond acceptors (Lipinski definition) is 5. The topological polar surface area (TPSA) is 175 Å². The minimum atomic E-state index is -4.15. The van der Waals surface area contributed by atoms with Crippen LogP contribution >= 0.6 is 7.60 Å². The molecule has 2 heterocycles. The molecule has 0 aliphatic rings. The van der Waals surface area contributed by atoms with Crippen LogP contribution in [0.5, 0.6) is 0 Å². The first-order valence-electron chi connectivity index (χ1n) is 7.80. The van der Waals surface area contributed by atoms with E-state index in [-0.39, 0.29) is 6.16 Å². The Morgan fingerprint density at radius 3 is 1.54 bits per heavy atom. The van der Waals surface area contributed by atoms with Gasteiger partial charge in [0, 0.05) is 0 Å². The van der Waals surface area contributed by atoms with Gasteiger partial charge in [-0.1, -0.05) is 38.8 Å². The number of aromatic amines is 4. The molecule has 0 aliphatic carbocycles. The second-order valence-electron chi connectivity index (χ2n) is 5.35. The second-order valence-corrected chi connectivity index (χ2v) is 7.20. The summed E-state index contributed by atoms with van der Waals surface area (Å²) in [6, 6.07) is 15.8. The summed E-state index contributed by atoms with van der Waals surface area (Å²) < 4.78 is 9.47. The van der Waals surface area contributed by atoms with Crippen molar-refractivity contribution in [1.29, 1.82) is 0 Å². The number of nitrogens with two attached hydrogens (primary N) is 2. The number of benzene rings is 2. The summed E-state index contributed by atoms with van der Waals surface area (Å²) in [5, 5.41) is 0. The van der Waals surface area contributed by atoms with E-state index in [1.807, 2.05) is 48.5 Å². The van der Waals surface area contributed by atoms with Crippen LogP contribution < -0.4 is 31.2 Å². The summed E-state index contributed by atoms with van der Waals surface area (Å²) in [5.41, 5.74) is 15.1. The number of para-hydroxylation sites is 4. The van der Waals surface area contributed by atoms with E-state index in [1.54, 1.807) is 0 Å². The summed E-state index contributed by atoms with van der Waals surface area (Å²) in [6.45, 7) is 1.32. The second kappa shape index (κ2) is 8.48. The number of anilines is 2. The zero-order valence-corrected chi connectivity index (χ0v) is 15.0. The SMILES string of the molecule is CCP(=O)([O-])[O-].Nc1[nH]c2ccccc2[nH+]1.Nc1[nH]c2ccccc2[nH+]1. The number of rotatable bonds is 1. The van der Waals surface area contributed by atoms with Crippen molar-refractivity contribution >= 4 is 41.6 Å². The van der Waals surface area contributed by atoms with Gasteiger partial charge < -0.3 is 14.4 Å². The van der Waals surface area contributed by atoms with E-state index in [1.165, 1.54) is 6.92 Å². The minimum absolute atomic E-state index is 0.285. The molecule has 4 rings (SSSR count). The molecule has 0 aliphatic heterocycles. The van der Waals surface area contributed by atoms with Crippen molar-refractivity contribution in [2.75, 3.05) is 17.6 Å². The Hall–Kier alpha value is -2.87. The first-order valence-corrected chi connectivity index (χ1v) is 9.53. The number of fused-ring (bicyclic) bond motifs is 2. The van der Waals surface area contributed by atoms with Gasteiger partial charge in [0.05, 0.1) is 0 Å². The van der Waals surface area contributed by atoms with Crippen molar-refractivity contribution < 1.29 is 24.3 Å². The van der Waals surface area contributed by atoms with E-state index in [9.17, 15) is 14.4 Å². The van der Waals surface area contributed by atoms with E-state index in [0.717, 1.165) is 22.1 Å². The lowest BCUT2D eigenvalue weighted by Crippen LogP contribution is -2.14. The fraction of sp³-hybridized carbons (Fsp3) is 0.125. The molecule has 0 spiro atoms. The molecule has 0 atom stereocenters. The lowest BCUT2D eigenvalue weighted by Gasteiger charge is -2.26. The molecule has 0 saturated heterocycles. The third kappa shape index (κ3) is 5.89. The molecule has 0 bridgehead atoms. The molecule has 2 aromatic carbocycles. The quantitative estimate of drug-likeness (QED) is 0.343. The van der Waals surface area contributed by atoms with Crippen molar-refractivity contribution in [3.8, 4) is 0 Å². The van der Waals surface area contributed by atoms with Gasteiger partial charge in [0.15, 0.2) is 0 Å². The van der Waals surface area contributed by atoms with Gasteiger partial charge in [-0.2, -0.15) is 0 Å². The molecule has 4 aromatic rings. The van der Waals surface area contributed by atoms with Gasteiger partial charge in [-0.05, 0) is 30.4 Å². The first-order chi connectivity index (χ1) is 12.3. The smallest absolute Gasteiger partial charge is 0.351 e. The Morgan fingerprint density at radius 1 is 0.885 bits per heavy atom. The lowest BCUT2D eigenvalue weighted by molar-refractivity contribution is -0.326. The highest BCUT2D eigenvalue weighted by atomic mass is 31.2. The monoisotopic (exact) mass is 376 g/mol. The molecule has 0 saturated carbocycles. The number of H-pyrrole nitrogens is 4. The van der Waals surface area contributed by atoms with Crippen LogP contribution in [-0.4, -0.2) is 16.1 Å². The molecule has 26 heavy (non-hydrogen) atoms. The predicted molar refractivity (Wildman–Crippen MR) is 96.7 cm³/mol. The van der Waals surface area contributed by atoms with E-state index in [4.69, 9.17) is 11.5 Å². The molecule has 2 aromatic heterocycles. The summed E-state index contributed by atoms with van der Waals surface area (Å²) >= 11 is 0. The van der Waals surface area contributed by atoms with Crippen molar-refractivity contribution in [1.82, 2.24) is 9.97 Å². The van der Waals surface area contributed by atoms with Crippen molar-refractivity contribution in [2.45, 2.75) is 6.92 Å². The fourth-order valence-corrected chi connectivity index (χ4v) is 2.05. The van der Waals surface area contributed by atoms with Gasteiger partial charge in [-0.25, -0.2) is 19.9 Å². The largest absolute Gasteiger partial charge is 0.811 e. The number of imidazole rings is 2. The Labute approximate surface area is 149 Å². The number of aromatic nitrogens is 4. The van der Waals surface area contributed by atoms with Gasteiger partial charge >= 0.3 is 11.9 Å². The molecular formula is C16H21N6O3P. The molecule has 0 amide bonds. The molecule has 0 unspecified atom stereocenters. The van der Waals surface area contributed by atoms with E-state index in [2.05, 4.69) is 19.9 Å². The van der Waals surface area contributed by atoms with Crippen LogP contribution in [0.1, 0.15) is 6.92 Å². The van der Waals surface area contributed by atoms with Crippen molar-refractivity contribution in [2.24, 2.45) is 0 Å². The lowest BCUT2D eigenvalue weighted by atomic mass is 10.3. The molecule has 8 N–H and O–H groups in total. The van der Waals surface area contributed by atoms with Crippen LogP contribution in [0.3, 0.4) is 0 Å². The fourth-order valence-electron chi connectivity index (χ4n) is 2.05.